The molecule has 0 amide bonds. The zero-order chi connectivity index (χ0) is 9.03. The van der Waals surface area contributed by atoms with E-state index in [-0.39, 0.29) is 5.66 Å². The Morgan fingerprint density at radius 1 is 1.08 bits per heavy atom. The molecule has 0 radical (unpaired) electrons. The lowest BCUT2D eigenvalue weighted by molar-refractivity contribution is 0.153. The molecule has 1 atom stereocenters. The summed E-state index contributed by atoms with van der Waals surface area (Å²) in [4.78, 5) is 0. The van der Waals surface area contributed by atoms with E-state index in [0.29, 0.717) is 6.04 Å². The molecular formula is C9H21N3. The Kier molecular flexibility index (Phi) is 3.50. The monoisotopic (exact) mass is 171 g/mol. The molecule has 3 nitrogen and oxygen atoms in total. The van der Waals surface area contributed by atoms with Gasteiger partial charge >= 0.3 is 0 Å². The van der Waals surface area contributed by atoms with E-state index in [9.17, 15) is 0 Å². The summed E-state index contributed by atoms with van der Waals surface area (Å²) >= 11 is 0. The molecule has 1 aliphatic rings. The normalized spacial score (nSPS) is 28.8. The fourth-order valence-electron chi connectivity index (χ4n) is 2.29. The van der Waals surface area contributed by atoms with Crippen molar-refractivity contribution in [2.24, 2.45) is 0 Å². The molecule has 1 aliphatic carbocycles. The number of rotatable bonds is 3. The Bertz CT molecular complexity index is 132. The summed E-state index contributed by atoms with van der Waals surface area (Å²) < 4.78 is 0. The Hall–Kier alpha value is -0.120. The van der Waals surface area contributed by atoms with Crippen molar-refractivity contribution in [2.45, 2.75) is 37.4 Å². The van der Waals surface area contributed by atoms with Gasteiger partial charge in [-0.15, -0.1) is 0 Å². The molecular weight excluding hydrogens is 150 g/mol. The average Bonchev–Trinajstić information content (AvgIpc) is 2.17. The summed E-state index contributed by atoms with van der Waals surface area (Å²) in [7, 11) is 6.11. The van der Waals surface area contributed by atoms with Crippen LogP contribution < -0.4 is 16.0 Å². The molecule has 3 N–H and O–H groups in total. The number of likely N-dealkylation sites (N-methyl/N-ethyl adjacent to an activating group) is 3. The van der Waals surface area contributed by atoms with Gasteiger partial charge in [-0.1, -0.05) is 12.8 Å². The second kappa shape index (κ2) is 4.21. The number of nitrogens with one attached hydrogen (secondary N) is 3. The second-order valence-corrected chi connectivity index (χ2v) is 3.56. The van der Waals surface area contributed by atoms with Crippen molar-refractivity contribution in [3.63, 3.8) is 0 Å². The van der Waals surface area contributed by atoms with E-state index in [1.165, 1.54) is 25.7 Å². The van der Waals surface area contributed by atoms with Gasteiger partial charge in [0.15, 0.2) is 0 Å². The summed E-state index contributed by atoms with van der Waals surface area (Å²) in [5.41, 5.74) is 0.118. The van der Waals surface area contributed by atoms with Crippen LogP contribution in [0.1, 0.15) is 25.7 Å². The van der Waals surface area contributed by atoms with Gasteiger partial charge < -0.3 is 16.0 Å². The van der Waals surface area contributed by atoms with Gasteiger partial charge in [0.1, 0.15) is 0 Å². The van der Waals surface area contributed by atoms with E-state index in [2.05, 4.69) is 16.0 Å². The standard InChI is InChI=1S/C9H21N3/c1-10-8-6-4-5-7-9(8,11-2)12-3/h8,10-12H,4-7H2,1-3H3. The highest BCUT2D eigenvalue weighted by molar-refractivity contribution is 4.97. The molecule has 0 heterocycles. The summed E-state index contributed by atoms with van der Waals surface area (Å²) in [5, 5.41) is 10.2. The first-order valence-corrected chi connectivity index (χ1v) is 4.84. The first-order chi connectivity index (χ1) is 5.79. The Balaban J connectivity index is 2.66. The van der Waals surface area contributed by atoms with Crippen molar-refractivity contribution in [1.82, 2.24) is 16.0 Å². The fourth-order valence-corrected chi connectivity index (χ4v) is 2.29. The van der Waals surface area contributed by atoms with Crippen molar-refractivity contribution in [3.05, 3.63) is 0 Å². The van der Waals surface area contributed by atoms with Crippen LogP contribution in [-0.4, -0.2) is 32.8 Å². The number of hydrogen-bond acceptors (Lipinski definition) is 3. The predicted octanol–water partition coefficient (Wildman–Crippen LogP) is 0.284. The highest BCUT2D eigenvalue weighted by atomic mass is 15.2. The van der Waals surface area contributed by atoms with Gasteiger partial charge in [-0.05, 0) is 34.0 Å². The highest BCUT2D eigenvalue weighted by Crippen LogP contribution is 2.25. The molecule has 0 aromatic heterocycles. The molecule has 1 unspecified atom stereocenters. The van der Waals surface area contributed by atoms with E-state index in [1.54, 1.807) is 0 Å². The molecule has 0 saturated heterocycles. The third-order valence-corrected chi connectivity index (χ3v) is 3.15. The van der Waals surface area contributed by atoms with Crippen LogP contribution in [0.25, 0.3) is 0 Å². The van der Waals surface area contributed by atoms with Crippen LogP contribution in [0.3, 0.4) is 0 Å². The third kappa shape index (κ3) is 1.63. The summed E-state index contributed by atoms with van der Waals surface area (Å²) in [6, 6.07) is 0.557. The molecule has 0 aromatic rings. The van der Waals surface area contributed by atoms with Gasteiger partial charge in [0.25, 0.3) is 0 Å². The van der Waals surface area contributed by atoms with Crippen molar-refractivity contribution in [2.75, 3.05) is 21.1 Å². The van der Waals surface area contributed by atoms with Crippen LogP contribution in [-0.2, 0) is 0 Å². The average molecular weight is 171 g/mol. The van der Waals surface area contributed by atoms with Crippen LogP contribution in [0.15, 0.2) is 0 Å². The maximum absolute atomic E-state index is 3.39. The molecule has 1 fully saturated rings. The van der Waals surface area contributed by atoms with Gasteiger partial charge in [0.2, 0.25) is 0 Å². The summed E-state index contributed by atoms with van der Waals surface area (Å²) in [6.07, 6.45) is 5.14. The van der Waals surface area contributed by atoms with E-state index in [4.69, 9.17) is 0 Å². The van der Waals surface area contributed by atoms with E-state index in [0.717, 1.165) is 0 Å². The maximum atomic E-state index is 3.39. The lowest BCUT2D eigenvalue weighted by Crippen LogP contribution is -2.66. The minimum absolute atomic E-state index is 0.118. The Labute approximate surface area is 75.3 Å². The minimum Gasteiger partial charge on any atom is -0.314 e. The van der Waals surface area contributed by atoms with Crippen LogP contribution in [0, 0.1) is 0 Å². The molecule has 0 bridgehead atoms. The molecule has 0 spiro atoms. The van der Waals surface area contributed by atoms with Gasteiger partial charge in [-0.25, -0.2) is 0 Å². The lowest BCUT2D eigenvalue weighted by atomic mass is 9.84. The molecule has 12 heavy (non-hydrogen) atoms. The molecule has 0 aliphatic heterocycles. The lowest BCUT2D eigenvalue weighted by Gasteiger charge is -2.44. The van der Waals surface area contributed by atoms with Crippen LogP contribution >= 0.6 is 0 Å². The molecule has 1 saturated carbocycles. The Morgan fingerprint density at radius 2 is 1.75 bits per heavy atom. The number of hydrogen-bond donors (Lipinski definition) is 3. The first-order valence-electron chi connectivity index (χ1n) is 4.84. The van der Waals surface area contributed by atoms with E-state index >= 15 is 0 Å². The minimum atomic E-state index is 0.118. The second-order valence-electron chi connectivity index (χ2n) is 3.56. The van der Waals surface area contributed by atoms with Crippen molar-refractivity contribution >= 4 is 0 Å². The highest BCUT2D eigenvalue weighted by Gasteiger charge is 2.36. The molecule has 1 rings (SSSR count). The first kappa shape index (κ1) is 9.96. The third-order valence-electron chi connectivity index (χ3n) is 3.15. The van der Waals surface area contributed by atoms with Crippen molar-refractivity contribution < 1.29 is 0 Å². The van der Waals surface area contributed by atoms with Gasteiger partial charge in [0.05, 0.1) is 5.66 Å². The van der Waals surface area contributed by atoms with Gasteiger partial charge in [-0.3, -0.25) is 0 Å². The van der Waals surface area contributed by atoms with E-state index in [1.807, 2.05) is 21.1 Å². The molecule has 0 aromatic carbocycles. The molecule has 72 valence electrons. The summed E-state index contributed by atoms with van der Waals surface area (Å²) in [6.45, 7) is 0. The van der Waals surface area contributed by atoms with Crippen LogP contribution in [0.2, 0.25) is 0 Å². The molecule has 3 heteroatoms. The fraction of sp³-hybridized carbons (Fsp3) is 1.00. The quantitative estimate of drug-likeness (QED) is 0.534. The van der Waals surface area contributed by atoms with Crippen LogP contribution in [0.4, 0.5) is 0 Å². The smallest absolute Gasteiger partial charge is 0.0839 e. The van der Waals surface area contributed by atoms with Gasteiger partial charge in [-0.2, -0.15) is 0 Å². The SMILES string of the molecule is CNC1CCCCC1(NC)NC. The summed E-state index contributed by atoms with van der Waals surface area (Å²) in [5.74, 6) is 0. The van der Waals surface area contributed by atoms with Crippen molar-refractivity contribution in [3.8, 4) is 0 Å². The topological polar surface area (TPSA) is 36.1 Å². The predicted molar refractivity (Wildman–Crippen MR) is 52.2 cm³/mol. The maximum Gasteiger partial charge on any atom is 0.0839 e. The van der Waals surface area contributed by atoms with E-state index < -0.39 is 0 Å². The van der Waals surface area contributed by atoms with Gasteiger partial charge in [0, 0.05) is 6.04 Å². The van der Waals surface area contributed by atoms with Crippen molar-refractivity contribution in [1.29, 1.82) is 0 Å². The van der Waals surface area contributed by atoms with Crippen LogP contribution in [0.5, 0.6) is 0 Å². The zero-order valence-electron chi connectivity index (χ0n) is 8.41. The largest absolute Gasteiger partial charge is 0.314 e. The Morgan fingerprint density at radius 3 is 2.17 bits per heavy atom. The zero-order valence-corrected chi connectivity index (χ0v) is 8.41.